The fourth-order valence-electron chi connectivity index (χ4n) is 1.60. The highest BCUT2D eigenvalue weighted by molar-refractivity contribution is 5.94. The second-order valence-electron chi connectivity index (χ2n) is 3.40. The number of esters is 1. The third-order valence-corrected chi connectivity index (χ3v) is 2.62. The Bertz CT molecular complexity index is 410. The summed E-state index contributed by atoms with van der Waals surface area (Å²) in [5, 5.41) is 0. The molecule has 88 valence electrons. The lowest BCUT2D eigenvalue weighted by Gasteiger charge is -2.15. The first-order valence-electron chi connectivity index (χ1n) is 4.87. The molecule has 0 radical (unpaired) electrons. The highest BCUT2D eigenvalue weighted by Gasteiger charge is 2.19. The molecule has 0 aliphatic heterocycles. The van der Waals surface area contributed by atoms with Crippen molar-refractivity contribution in [2.75, 3.05) is 21.3 Å². The van der Waals surface area contributed by atoms with Gasteiger partial charge in [-0.05, 0) is 31.0 Å². The van der Waals surface area contributed by atoms with E-state index in [1.165, 1.54) is 14.2 Å². The van der Waals surface area contributed by atoms with Crippen LogP contribution in [0.3, 0.4) is 0 Å². The average molecular weight is 224 g/mol. The molecule has 0 atom stereocenters. The van der Waals surface area contributed by atoms with Gasteiger partial charge in [0.1, 0.15) is 17.1 Å². The fourth-order valence-corrected chi connectivity index (χ4v) is 1.60. The largest absolute Gasteiger partial charge is 0.496 e. The molecule has 0 saturated heterocycles. The Balaban J connectivity index is 3.47. The fraction of sp³-hybridized carbons (Fsp3) is 0.417. The van der Waals surface area contributed by atoms with Gasteiger partial charge in [0.25, 0.3) is 0 Å². The molecular weight excluding hydrogens is 208 g/mol. The number of benzene rings is 1. The van der Waals surface area contributed by atoms with Gasteiger partial charge in [-0.25, -0.2) is 4.79 Å². The van der Waals surface area contributed by atoms with Crippen LogP contribution in [0.5, 0.6) is 11.5 Å². The second-order valence-corrected chi connectivity index (χ2v) is 3.40. The van der Waals surface area contributed by atoms with Crippen LogP contribution in [-0.2, 0) is 4.74 Å². The molecule has 16 heavy (non-hydrogen) atoms. The summed E-state index contributed by atoms with van der Waals surface area (Å²) in [6.45, 7) is 3.79. The van der Waals surface area contributed by atoms with Crippen molar-refractivity contribution in [3.05, 3.63) is 22.8 Å². The SMILES string of the molecule is COC(=O)c1cc(OC)c(C)c(C)c1OC. The summed E-state index contributed by atoms with van der Waals surface area (Å²) in [5.41, 5.74) is 2.21. The van der Waals surface area contributed by atoms with Crippen molar-refractivity contribution in [3.63, 3.8) is 0 Å². The second kappa shape index (κ2) is 4.88. The standard InChI is InChI=1S/C12H16O4/c1-7-8(2)11(15-4)9(12(13)16-5)6-10(7)14-3/h6H,1-5H3. The van der Waals surface area contributed by atoms with E-state index in [0.717, 1.165) is 11.1 Å². The van der Waals surface area contributed by atoms with Crippen LogP contribution in [0, 0.1) is 13.8 Å². The van der Waals surface area contributed by atoms with Gasteiger partial charge in [-0.1, -0.05) is 0 Å². The summed E-state index contributed by atoms with van der Waals surface area (Å²) in [4.78, 5) is 11.6. The Hall–Kier alpha value is -1.71. The summed E-state index contributed by atoms with van der Waals surface area (Å²) in [5.74, 6) is 0.752. The maximum absolute atomic E-state index is 11.6. The molecule has 0 N–H and O–H groups in total. The zero-order chi connectivity index (χ0) is 12.3. The van der Waals surface area contributed by atoms with E-state index in [-0.39, 0.29) is 0 Å². The van der Waals surface area contributed by atoms with Crippen LogP contribution in [-0.4, -0.2) is 27.3 Å². The van der Waals surface area contributed by atoms with Crippen LogP contribution in [0.4, 0.5) is 0 Å². The molecule has 1 aromatic rings. The number of rotatable bonds is 3. The first-order chi connectivity index (χ1) is 7.56. The molecule has 0 aliphatic carbocycles. The maximum atomic E-state index is 11.6. The lowest BCUT2D eigenvalue weighted by molar-refractivity contribution is 0.0596. The maximum Gasteiger partial charge on any atom is 0.341 e. The van der Waals surface area contributed by atoms with E-state index in [9.17, 15) is 4.79 Å². The van der Waals surface area contributed by atoms with E-state index >= 15 is 0 Å². The molecule has 0 spiro atoms. The van der Waals surface area contributed by atoms with Crippen LogP contribution in [0.2, 0.25) is 0 Å². The minimum atomic E-state index is -0.432. The van der Waals surface area contributed by atoms with Crippen molar-refractivity contribution >= 4 is 5.97 Å². The lowest BCUT2D eigenvalue weighted by atomic mass is 10.0. The Morgan fingerprint density at radius 1 is 1.06 bits per heavy atom. The minimum absolute atomic E-state index is 0.380. The van der Waals surface area contributed by atoms with Gasteiger partial charge in [-0.15, -0.1) is 0 Å². The predicted molar refractivity (Wildman–Crippen MR) is 60.4 cm³/mol. The van der Waals surface area contributed by atoms with E-state index in [1.807, 2.05) is 13.8 Å². The third-order valence-electron chi connectivity index (χ3n) is 2.62. The van der Waals surface area contributed by atoms with Crippen molar-refractivity contribution in [3.8, 4) is 11.5 Å². The topological polar surface area (TPSA) is 44.8 Å². The Morgan fingerprint density at radius 3 is 2.12 bits per heavy atom. The van der Waals surface area contributed by atoms with E-state index in [4.69, 9.17) is 14.2 Å². The van der Waals surface area contributed by atoms with Crippen LogP contribution in [0.15, 0.2) is 6.07 Å². The molecule has 0 unspecified atom stereocenters. The highest BCUT2D eigenvalue weighted by atomic mass is 16.5. The van der Waals surface area contributed by atoms with E-state index in [2.05, 4.69) is 0 Å². The number of carbonyl (C=O) groups excluding carboxylic acids is 1. The van der Waals surface area contributed by atoms with Gasteiger partial charge in [-0.3, -0.25) is 0 Å². The smallest absolute Gasteiger partial charge is 0.341 e. The van der Waals surface area contributed by atoms with Crippen LogP contribution < -0.4 is 9.47 Å². The van der Waals surface area contributed by atoms with Gasteiger partial charge in [0, 0.05) is 0 Å². The van der Waals surface area contributed by atoms with Crippen molar-refractivity contribution in [2.45, 2.75) is 13.8 Å². The first kappa shape index (κ1) is 12.4. The normalized spacial score (nSPS) is 9.81. The molecule has 0 saturated carbocycles. The molecule has 1 aromatic carbocycles. The monoisotopic (exact) mass is 224 g/mol. The number of ether oxygens (including phenoxy) is 3. The zero-order valence-corrected chi connectivity index (χ0v) is 10.2. The molecule has 4 heteroatoms. The summed E-state index contributed by atoms with van der Waals surface area (Å²) in [7, 11) is 4.43. The molecule has 0 fully saturated rings. The molecule has 0 bridgehead atoms. The highest BCUT2D eigenvalue weighted by Crippen LogP contribution is 2.33. The van der Waals surface area contributed by atoms with Crippen molar-refractivity contribution < 1.29 is 19.0 Å². The average Bonchev–Trinajstić information content (AvgIpc) is 2.31. The summed E-state index contributed by atoms with van der Waals surface area (Å²) in [6, 6.07) is 1.63. The Labute approximate surface area is 95.1 Å². The van der Waals surface area contributed by atoms with Gasteiger partial charge in [-0.2, -0.15) is 0 Å². The molecule has 0 heterocycles. The van der Waals surface area contributed by atoms with Crippen molar-refractivity contribution in [1.29, 1.82) is 0 Å². The Morgan fingerprint density at radius 2 is 1.69 bits per heavy atom. The molecule has 4 nitrogen and oxygen atoms in total. The lowest BCUT2D eigenvalue weighted by Crippen LogP contribution is -2.07. The van der Waals surface area contributed by atoms with Gasteiger partial charge in [0.2, 0.25) is 0 Å². The quantitative estimate of drug-likeness (QED) is 0.737. The summed E-state index contributed by atoms with van der Waals surface area (Å²) in [6.07, 6.45) is 0. The molecular formula is C12H16O4. The summed E-state index contributed by atoms with van der Waals surface area (Å²) >= 11 is 0. The van der Waals surface area contributed by atoms with E-state index in [0.29, 0.717) is 17.1 Å². The molecule has 0 amide bonds. The van der Waals surface area contributed by atoms with Crippen LogP contribution >= 0.6 is 0 Å². The number of hydrogen-bond acceptors (Lipinski definition) is 4. The third kappa shape index (κ3) is 1.96. The predicted octanol–water partition coefficient (Wildman–Crippen LogP) is 2.11. The van der Waals surface area contributed by atoms with Gasteiger partial charge < -0.3 is 14.2 Å². The van der Waals surface area contributed by atoms with Crippen LogP contribution in [0.25, 0.3) is 0 Å². The first-order valence-corrected chi connectivity index (χ1v) is 4.87. The Kier molecular flexibility index (Phi) is 3.77. The molecule has 0 aromatic heterocycles. The molecule has 0 aliphatic rings. The number of carbonyl (C=O) groups is 1. The van der Waals surface area contributed by atoms with Crippen LogP contribution in [0.1, 0.15) is 21.5 Å². The van der Waals surface area contributed by atoms with Gasteiger partial charge >= 0.3 is 5.97 Å². The minimum Gasteiger partial charge on any atom is -0.496 e. The number of hydrogen-bond donors (Lipinski definition) is 0. The van der Waals surface area contributed by atoms with Gasteiger partial charge in [0.15, 0.2) is 0 Å². The van der Waals surface area contributed by atoms with Crippen molar-refractivity contribution in [1.82, 2.24) is 0 Å². The summed E-state index contributed by atoms with van der Waals surface area (Å²) < 4.78 is 15.1. The molecule has 1 rings (SSSR count). The number of methoxy groups -OCH3 is 3. The van der Waals surface area contributed by atoms with Crippen molar-refractivity contribution in [2.24, 2.45) is 0 Å². The van der Waals surface area contributed by atoms with E-state index in [1.54, 1.807) is 13.2 Å². The van der Waals surface area contributed by atoms with E-state index < -0.39 is 5.97 Å². The van der Waals surface area contributed by atoms with Gasteiger partial charge in [0.05, 0.1) is 21.3 Å². The zero-order valence-electron chi connectivity index (χ0n) is 10.2.